The molecule has 1 fully saturated rings. The van der Waals surface area contributed by atoms with Gasteiger partial charge in [-0.3, -0.25) is 4.79 Å². The number of hydrogen-bond acceptors (Lipinski definition) is 5. The van der Waals surface area contributed by atoms with Crippen LogP contribution in [0.5, 0.6) is 0 Å². The summed E-state index contributed by atoms with van der Waals surface area (Å²) < 4.78 is 32.4. The van der Waals surface area contributed by atoms with Crippen LogP contribution in [-0.2, 0) is 14.8 Å². The quantitative estimate of drug-likeness (QED) is 0.679. The van der Waals surface area contributed by atoms with Gasteiger partial charge in [0.05, 0.1) is 0 Å². The lowest BCUT2D eigenvalue weighted by atomic mass is 9.85. The Labute approximate surface area is 173 Å². The molecule has 1 atom stereocenters. The molecule has 0 radical (unpaired) electrons. The molecule has 1 aromatic heterocycles. The zero-order chi connectivity index (χ0) is 21.0. The van der Waals surface area contributed by atoms with Gasteiger partial charge in [-0.1, -0.05) is 23.7 Å². The summed E-state index contributed by atoms with van der Waals surface area (Å²) in [4.78, 5) is 12.7. The standard InChI is InChI=1S/C21H33N3O4S/c1-15(21(25)22-12-9-18-7-5-4-6-8-18)19-10-13-24(14-11-19)29(26,27)20-16(2)23-28-17(20)3/h7,15,19H,4-6,8-14H2,1-3H3,(H,22,25)/t15-/m1/s1. The van der Waals surface area contributed by atoms with Crippen molar-refractivity contribution in [3.8, 4) is 0 Å². The van der Waals surface area contributed by atoms with E-state index in [0.717, 1.165) is 19.3 Å². The van der Waals surface area contributed by atoms with Gasteiger partial charge in [0.1, 0.15) is 10.6 Å². The molecule has 0 saturated carbocycles. The van der Waals surface area contributed by atoms with E-state index >= 15 is 0 Å². The summed E-state index contributed by atoms with van der Waals surface area (Å²) in [7, 11) is -3.61. The maximum absolute atomic E-state index is 12.9. The van der Waals surface area contributed by atoms with Crippen LogP contribution in [0.2, 0.25) is 0 Å². The van der Waals surface area contributed by atoms with Crippen molar-refractivity contribution in [2.45, 2.75) is 70.6 Å². The summed E-state index contributed by atoms with van der Waals surface area (Å²) in [5.74, 6) is 0.484. The number of carbonyl (C=O) groups excluding carboxylic acids is 1. The third-order valence-corrected chi connectivity index (χ3v) is 8.46. The predicted molar refractivity (Wildman–Crippen MR) is 111 cm³/mol. The zero-order valence-electron chi connectivity index (χ0n) is 17.7. The van der Waals surface area contributed by atoms with Crippen LogP contribution in [0.3, 0.4) is 0 Å². The topological polar surface area (TPSA) is 92.5 Å². The average molecular weight is 424 g/mol. The highest BCUT2D eigenvalue weighted by atomic mass is 32.2. The minimum absolute atomic E-state index is 0.0773. The lowest BCUT2D eigenvalue weighted by Crippen LogP contribution is -2.43. The molecule has 1 aliphatic carbocycles. The van der Waals surface area contributed by atoms with Crippen LogP contribution in [0.15, 0.2) is 21.1 Å². The monoisotopic (exact) mass is 423 g/mol. The SMILES string of the molecule is Cc1noc(C)c1S(=O)(=O)N1CCC([C@@H](C)C(=O)NCCC2=CCCCC2)CC1. The van der Waals surface area contributed by atoms with Crippen LogP contribution >= 0.6 is 0 Å². The zero-order valence-corrected chi connectivity index (χ0v) is 18.6. The lowest BCUT2D eigenvalue weighted by Gasteiger charge is -2.33. The smallest absolute Gasteiger partial charge is 0.248 e. The summed E-state index contributed by atoms with van der Waals surface area (Å²) in [6.45, 7) is 6.75. The first-order valence-corrected chi connectivity index (χ1v) is 12.1. The van der Waals surface area contributed by atoms with Crippen LogP contribution in [0.25, 0.3) is 0 Å². The van der Waals surface area contributed by atoms with Crippen molar-refractivity contribution in [1.29, 1.82) is 0 Å². The van der Waals surface area contributed by atoms with E-state index in [-0.39, 0.29) is 22.6 Å². The summed E-state index contributed by atoms with van der Waals surface area (Å²) in [5, 5.41) is 6.84. The van der Waals surface area contributed by atoms with Gasteiger partial charge in [0.2, 0.25) is 15.9 Å². The fourth-order valence-corrected chi connectivity index (χ4v) is 6.20. The molecule has 1 amide bonds. The van der Waals surface area contributed by atoms with Crippen molar-refractivity contribution in [3.63, 3.8) is 0 Å². The van der Waals surface area contributed by atoms with Crippen molar-refractivity contribution in [1.82, 2.24) is 14.8 Å². The van der Waals surface area contributed by atoms with E-state index in [9.17, 15) is 13.2 Å². The number of nitrogens with zero attached hydrogens (tertiary/aromatic N) is 2. The first-order valence-electron chi connectivity index (χ1n) is 10.7. The second-order valence-electron chi connectivity index (χ2n) is 8.33. The van der Waals surface area contributed by atoms with Crippen molar-refractivity contribution in [2.24, 2.45) is 11.8 Å². The van der Waals surface area contributed by atoms with E-state index in [4.69, 9.17) is 4.52 Å². The van der Waals surface area contributed by atoms with Gasteiger partial charge in [0.15, 0.2) is 5.76 Å². The average Bonchev–Trinajstić information content (AvgIpc) is 3.07. The minimum Gasteiger partial charge on any atom is -0.360 e. The van der Waals surface area contributed by atoms with Gasteiger partial charge in [-0.2, -0.15) is 4.31 Å². The van der Waals surface area contributed by atoms with Gasteiger partial charge in [-0.15, -0.1) is 0 Å². The third kappa shape index (κ3) is 5.09. The number of sulfonamides is 1. The molecule has 8 heteroatoms. The molecule has 1 aliphatic heterocycles. The normalized spacial score (nSPS) is 20.3. The van der Waals surface area contributed by atoms with Crippen molar-refractivity contribution in [2.75, 3.05) is 19.6 Å². The van der Waals surface area contributed by atoms with E-state index in [2.05, 4.69) is 16.5 Å². The number of aromatic nitrogens is 1. The Morgan fingerprint density at radius 2 is 2.03 bits per heavy atom. The van der Waals surface area contributed by atoms with Crippen molar-refractivity contribution >= 4 is 15.9 Å². The summed E-state index contributed by atoms with van der Waals surface area (Å²) >= 11 is 0. The molecule has 29 heavy (non-hydrogen) atoms. The first kappa shape index (κ1) is 22.0. The number of allylic oxidation sites excluding steroid dienone is 1. The number of carbonyl (C=O) groups is 1. The second-order valence-corrected chi connectivity index (χ2v) is 10.2. The van der Waals surface area contributed by atoms with Crippen molar-refractivity contribution in [3.05, 3.63) is 23.1 Å². The molecule has 3 rings (SSSR count). The van der Waals surface area contributed by atoms with Gasteiger partial charge in [-0.25, -0.2) is 8.42 Å². The summed E-state index contributed by atoms with van der Waals surface area (Å²) in [6, 6.07) is 0. The molecular weight excluding hydrogens is 390 g/mol. The van der Waals surface area contributed by atoms with E-state index in [0.29, 0.717) is 43.9 Å². The molecule has 0 unspecified atom stereocenters. The number of hydrogen-bond donors (Lipinski definition) is 1. The highest BCUT2D eigenvalue weighted by Gasteiger charge is 2.36. The minimum atomic E-state index is -3.61. The molecule has 0 aromatic carbocycles. The Hall–Kier alpha value is -1.67. The van der Waals surface area contributed by atoms with E-state index in [1.807, 2.05) is 6.92 Å². The first-order chi connectivity index (χ1) is 13.8. The number of rotatable bonds is 7. The lowest BCUT2D eigenvalue weighted by molar-refractivity contribution is -0.126. The Bertz CT molecular complexity index is 832. The second kappa shape index (κ2) is 9.43. The van der Waals surface area contributed by atoms with Gasteiger partial charge in [0.25, 0.3) is 0 Å². The molecule has 162 valence electrons. The van der Waals surface area contributed by atoms with Crippen LogP contribution < -0.4 is 5.32 Å². The van der Waals surface area contributed by atoms with E-state index in [1.54, 1.807) is 13.8 Å². The maximum atomic E-state index is 12.9. The predicted octanol–water partition coefficient (Wildman–Crippen LogP) is 3.33. The maximum Gasteiger partial charge on any atom is 0.248 e. The summed E-state index contributed by atoms with van der Waals surface area (Å²) in [6.07, 6.45) is 9.47. The van der Waals surface area contributed by atoms with Crippen LogP contribution in [0.1, 0.15) is 63.3 Å². The highest BCUT2D eigenvalue weighted by Crippen LogP contribution is 2.30. The molecule has 2 aliphatic rings. The fourth-order valence-electron chi connectivity index (χ4n) is 4.44. The van der Waals surface area contributed by atoms with Gasteiger partial charge >= 0.3 is 0 Å². The molecule has 1 aromatic rings. The number of nitrogens with one attached hydrogen (secondary N) is 1. The molecular formula is C21H33N3O4S. The highest BCUT2D eigenvalue weighted by molar-refractivity contribution is 7.89. The molecule has 0 spiro atoms. The molecule has 7 nitrogen and oxygen atoms in total. The van der Waals surface area contributed by atoms with Crippen molar-refractivity contribution < 1.29 is 17.7 Å². The molecule has 1 N–H and O–H groups in total. The third-order valence-electron chi connectivity index (χ3n) is 6.32. The van der Waals surface area contributed by atoms with E-state index < -0.39 is 10.0 Å². The van der Waals surface area contributed by atoms with Gasteiger partial charge in [0, 0.05) is 25.6 Å². The van der Waals surface area contributed by atoms with Gasteiger partial charge < -0.3 is 9.84 Å². The Morgan fingerprint density at radius 1 is 1.31 bits per heavy atom. The molecule has 0 bridgehead atoms. The summed E-state index contributed by atoms with van der Waals surface area (Å²) in [5.41, 5.74) is 1.85. The Kier molecular flexibility index (Phi) is 7.16. The largest absolute Gasteiger partial charge is 0.360 e. The number of aryl methyl sites for hydroxylation is 2. The van der Waals surface area contributed by atoms with E-state index in [1.165, 1.54) is 22.7 Å². The van der Waals surface area contributed by atoms with Gasteiger partial charge in [-0.05, 0) is 64.7 Å². The molecule has 1 saturated heterocycles. The Balaban J connectivity index is 1.49. The Morgan fingerprint density at radius 3 is 2.62 bits per heavy atom. The molecule has 2 heterocycles. The fraction of sp³-hybridized carbons (Fsp3) is 0.714. The number of piperidine rings is 1. The van der Waals surface area contributed by atoms with Crippen LogP contribution in [0, 0.1) is 25.7 Å². The van der Waals surface area contributed by atoms with Crippen LogP contribution in [0.4, 0.5) is 0 Å². The number of amides is 1. The van der Waals surface area contributed by atoms with Crippen LogP contribution in [-0.4, -0.2) is 43.4 Å².